The number of nitrogens with two attached hydrogens (primary N) is 2. The van der Waals surface area contributed by atoms with E-state index in [-0.39, 0.29) is 0 Å². The molecule has 0 amide bonds. The van der Waals surface area contributed by atoms with Crippen LogP contribution < -0.4 is 11.5 Å². The maximum Gasteiger partial charge on any atom is 0.0379 e. The van der Waals surface area contributed by atoms with Crippen molar-refractivity contribution in [3.63, 3.8) is 0 Å². The maximum atomic E-state index is 6.07. The van der Waals surface area contributed by atoms with E-state index in [1.165, 1.54) is 24.0 Å². The zero-order valence-corrected chi connectivity index (χ0v) is 8.66. The Morgan fingerprint density at radius 1 is 1.29 bits per heavy atom. The number of aryl methyl sites for hydroxylation is 1. The lowest BCUT2D eigenvalue weighted by Crippen LogP contribution is -2.23. The molecule has 2 rings (SSSR count). The molecule has 1 saturated carbocycles. The Balaban J connectivity index is 2.36. The van der Waals surface area contributed by atoms with Gasteiger partial charge in [0, 0.05) is 17.6 Å². The van der Waals surface area contributed by atoms with Crippen LogP contribution in [0.3, 0.4) is 0 Å². The zero-order valence-electron chi connectivity index (χ0n) is 8.66. The van der Waals surface area contributed by atoms with Gasteiger partial charge >= 0.3 is 0 Å². The molecule has 0 aliphatic heterocycles. The zero-order chi connectivity index (χ0) is 10.1. The van der Waals surface area contributed by atoms with Crippen LogP contribution in [0.1, 0.15) is 36.3 Å². The van der Waals surface area contributed by atoms with Gasteiger partial charge in [0.1, 0.15) is 0 Å². The summed E-state index contributed by atoms with van der Waals surface area (Å²) in [5.41, 5.74) is 15.5. The minimum Gasteiger partial charge on any atom is -0.398 e. The first-order valence-corrected chi connectivity index (χ1v) is 5.30. The molecule has 1 aliphatic rings. The molecule has 0 heterocycles. The first-order chi connectivity index (χ1) is 6.70. The van der Waals surface area contributed by atoms with Crippen LogP contribution in [0.25, 0.3) is 0 Å². The molecule has 0 spiro atoms. The topological polar surface area (TPSA) is 52.0 Å². The summed E-state index contributed by atoms with van der Waals surface area (Å²) in [7, 11) is 0. The fourth-order valence-electron chi connectivity index (χ4n) is 2.40. The highest BCUT2D eigenvalue weighted by molar-refractivity contribution is 5.55. The summed E-state index contributed by atoms with van der Waals surface area (Å²) in [6.45, 7) is 2.05. The Hall–Kier alpha value is -1.02. The summed E-state index contributed by atoms with van der Waals surface area (Å²) in [6, 6.07) is 6.56. The van der Waals surface area contributed by atoms with Gasteiger partial charge in [0.05, 0.1) is 0 Å². The van der Waals surface area contributed by atoms with E-state index in [2.05, 4.69) is 25.1 Å². The Bertz CT molecular complexity index is 333. The van der Waals surface area contributed by atoms with Crippen molar-refractivity contribution < 1.29 is 0 Å². The van der Waals surface area contributed by atoms with Crippen LogP contribution in [-0.4, -0.2) is 6.04 Å². The van der Waals surface area contributed by atoms with E-state index in [1.54, 1.807) is 0 Å². The molecule has 0 bridgehead atoms. The number of nitrogen functional groups attached to an aromatic ring is 1. The molecule has 0 radical (unpaired) electrons. The van der Waals surface area contributed by atoms with Gasteiger partial charge in [0.25, 0.3) is 0 Å². The molecule has 1 aromatic rings. The van der Waals surface area contributed by atoms with E-state index in [1.807, 2.05) is 0 Å². The van der Waals surface area contributed by atoms with Gasteiger partial charge in [-0.25, -0.2) is 0 Å². The molecule has 2 heteroatoms. The lowest BCUT2D eigenvalue weighted by molar-refractivity contribution is 0.614. The van der Waals surface area contributed by atoms with Crippen molar-refractivity contribution >= 4 is 5.69 Å². The molecule has 2 nitrogen and oxygen atoms in total. The highest BCUT2D eigenvalue weighted by atomic mass is 14.7. The van der Waals surface area contributed by atoms with Crippen LogP contribution in [0.15, 0.2) is 18.2 Å². The second-order valence-corrected chi connectivity index (χ2v) is 4.28. The molecule has 2 atom stereocenters. The van der Waals surface area contributed by atoms with Gasteiger partial charge in [-0.1, -0.05) is 24.6 Å². The summed E-state index contributed by atoms with van der Waals surface area (Å²) in [5.74, 6) is 0.481. The molecule has 1 aliphatic carbocycles. The normalized spacial score (nSPS) is 26.7. The monoisotopic (exact) mass is 190 g/mol. The lowest BCUT2D eigenvalue weighted by Gasteiger charge is -2.18. The molecule has 14 heavy (non-hydrogen) atoms. The molecular formula is C12H18N2. The highest BCUT2D eigenvalue weighted by Gasteiger charge is 2.26. The van der Waals surface area contributed by atoms with E-state index in [0.29, 0.717) is 12.0 Å². The molecule has 1 fully saturated rings. The van der Waals surface area contributed by atoms with Gasteiger partial charge < -0.3 is 11.5 Å². The largest absolute Gasteiger partial charge is 0.398 e. The predicted octanol–water partition coefficient (Wildman–Crippen LogP) is 2.17. The summed E-state index contributed by atoms with van der Waals surface area (Å²) in [4.78, 5) is 0. The number of hydrogen-bond acceptors (Lipinski definition) is 2. The Morgan fingerprint density at radius 2 is 2.07 bits per heavy atom. The average molecular weight is 190 g/mol. The van der Waals surface area contributed by atoms with Crippen LogP contribution in [0.4, 0.5) is 5.69 Å². The third-order valence-corrected chi connectivity index (χ3v) is 3.33. The van der Waals surface area contributed by atoms with E-state index < -0.39 is 0 Å². The van der Waals surface area contributed by atoms with Crippen molar-refractivity contribution in [2.24, 2.45) is 5.73 Å². The van der Waals surface area contributed by atoms with Gasteiger partial charge in [0.15, 0.2) is 0 Å². The van der Waals surface area contributed by atoms with E-state index in [0.717, 1.165) is 12.1 Å². The fourth-order valence-corrected chi connectivity index (χ4v) is 2.40. The minimum atomic E-state index is 0.305. The second kappa shape index (κ2) is 3.62. The van der Waals surface area contributed by atoms with Crippen LogP contribution >= 0.6 is 0 Å². The van der Waals surface area contributed by atoms with Crippen molar-refractivity contribution in [2.75, 3.05) is 5.73 Å². The number of para-hydroxylation sites is 1. The van der Waals surface area contributed by atoms with Crippen LogP contribution in [0.5, 0.6) is 0 Å². The molecule has 76 valence electrons. The summed E-state index contributed by atoms with van der Waals surface area (Å²) < 4.78 is 0. The molecule has 1 aromatic carbocycles. The number of benzene rings is 1. The second-order valence-electron chi connectivity index (χ2n) is 4.28. The van der Waals surface area contributed by atoms with Gasteiger partial charge in [-0.2, -0.15) is 0 Å². The van der Waals surface area contributed by atoms with Crippen molar-refractivity contribution in [3.05, 3.63) is 29.3 Å². The minimum absolute atomic E-state index is 0.305. The number of anilines is 1. The number of hydrogen-bond donors (Lipinski definition) is 2. The fraction of sp³-hybridized carbons (Fsp3) is 0.500. The summed E-state index contributed by atoms with van der Waals surface area (Å²) >= 11 is 0. The number of rotatable bonds is 1. The SMILES string of the molecule is Cc1cccc(C2CCCC2N)c1N. The van der Waals surface area contributed by atoms with E-state index >= 15 is 0 Å². The van der Waals surface area contributed by atoms with Crippen LogP contribution in [-0.2, 0) is 0 Å². The van der Waals surface area contributed by atoms with Gasteiger partial charge in [-0.3, -0.25) is 0 Å². The lowest BCUT2D eigenvalue weighted by atomic mass is 9.91. The van der Waals surface area contributed by atoms with E-state index in [9.17, 15) is 0 Å². The first-order valence-electron chi connectivity index (χ1n) is 5.30. The quantitative estimate of drug-likeness (QED) is 0.667. The smallest absolute Gasteiger partial charge is 0.0379 e. The Labute approximate surface area is 85.3 Å². The molecule has 0 saturated heterocycles. The third-order valence-electron chi connectivity index (χ3n) is 3.33. The summed E-state index contributed by atoms with van der Waals surface area (Å²) in [5, 5.41) is 0. The van der Waals surface area contributed by atoms with Crippen LogP contribution in [0.2, 0.25) is 0 Å². The van der Waals surface area contributed by atoms with Gasteiger partial charge in [0.2, 0.25) is 0 Å². The van der Waals surface area contributed by atoms with Gasteiger partial charge in [-0.15, -0.1) is 0 Å². The Kier molecular flexibility index (Phi) is 2.46. The molecule has 4 N–H and O–H groups in total. The van der Waals surface area contributed by atoms with E-state index in [4.69, 9.17) is 11.5 Å². The van der Waals surface area contributed by atoms with Crippen molar-refractivity contribution in [1.29, 1.82) is 0 Å². The molecule has 0 aromatic heterocycles. The molecular weight excluding hydrogens is 172 g/mol. The van der Waals surface area contributed by atoms with Crippen molar-refractivity contribution in [2.45, 2.75) is 38.1 Å². The average Bonchev–Trinajstić information content (AvgIpc) is 2.57. The highest BCUT2D eigenvalue weighted by Crippen LogP contribution is 2.36. The standard InChI is InChI=1S/C12H18N2/c1-8-4-2-6-10(12(8)14)9-5-3-7-11(9)13/h2,4,6,9,11H,3,5,7,13-14H2,1H3. The third kappa shape index (κ3) is 1.50. The summed E-state index contributed by atoms with van der Waals surface area (Å²) in [6.07, 6.45) is 3.56. The van der Waals surface area contributed by atoms with Crippen molar-refractivity contribution in [1.82, 2.24) is 0 Å². The predicted molar refractivity (Wildman–Crippen MR) is 60.2 cm³/mol. The maximum absolute atomic E-state index is 6.07. The van der Waals surface area contributed by atoms with Crippen LogP contribution in [0, 0.1) is 6.92 Å². The molecule has 2 unspecified atom stereocenters. The van der Waals surface area contributed by atoms with Gasteiger partial charge in [-0.05, 0) is 30.9 Å². The van der Waals surface area contributed by atoms with Crippen molar-refractivity contribution in [3.8, 4) is 0 Å². The first kappa shape index (κ1) is 9.53. The Morgan fingerprint density at radius 3 is 2.71 bits per heavy atom.